The Morgan fingerprint density at radius 2 is 2.39 bits per heavy atom. The van der Waals surface area contributed by atoms with Crippen molar-refractivity contribution in [1.29, 1.82) is 5.26 Å². The number of carbonyl (C=O) groups is 1. The molecule has 7 heteroatoms. The zero-order valence-electron chi connectivity index (χ0n) is 9.27. The SMILES string of the molecule is Cc1noc(NC(=O)c2cccnc2Cl)c1C#N. The van der Waals surface area contributed by atoms with Gasteiger partial charge in [0.05, 0.1) is 5.56 Å². The predicted molar refractivity (Wildman–Crippen MR) is 63.2 cm³/mol. The fourth-order valence-electron chi connectivity index (χ4n) is 1.31. The molecule has 1 amide bonds. The summed E-state index contributed by atoms with van der Waals surface area (Å²) in [6.07, 6.45) is 1.47. The van der Waals surface area contributed by atoms with E-state index in [-0.39, 0.29) is 22.2 Å². The summed E-state index contributed by atoms with van der Waals surface area (Å²) in [6.45, 7) is 1.61. The highest BCUT2D eigenvalue weighted by molar-refractivity contribution is 6.33. The van der Waals surface area contributed by atoms with Gasteiger partial charge >= 0.3 is 0 Å². The largest absolute Gasteiger partial charge is 0.337 e. The van der Waals surface area contributed by atoms with Crippen molar-refractivity contribution in [3.63, 3.8) is 0 Å². The number of hydrogen-bond acceptors (Lipinski definition) is 5. The monoisotopic (exact) mass is 262 g/mol. The summed E-state index contributed by atoms with van der Waals surface area (Å²) >= 11 is 5.78. The molecule has 6 nitrogen and oxygen atoms in total. The van der Waals surface area contributed by atoms with Gasteiger partial charge in [-0.15, -0.1) is 0 Å². The Labute approximate surface area is 107 Å². The van der Waals surface area contributed by atoms with Crippen LogP contribution < -0.4 is 5.32 Å². The second-order valence-electron chi connectivity index (χ2n) is 3.38. The molecule has 0 bridgehead atoms. The first-order valence-electron chi connectivity index (χ1n) is 4.91. The third-order valence-electron chi connectivity index (χ3n) is 2.21. The van der Waals surface area contributed by atoms with E-state index in [4.69, 9.17) is 21.4 Å². The number of nitrogens with one attached hydrogen (secondary N) is 1. The van der Waals surface area contributed by atoms with Gasteiger partial charge in [0.1, 0.15) is 22.5 Å². The molecule has 0 radical (unpaired) electrons. The number of pyridine rings is 1. The number of anilines is 1. The molecule has 0 aliphatic heterocycles. The minimum absolute atomic E-state index is 0.0000743. The van der Waals surface area contributed by atoms with Crippen LogP contribution in [0.15, 0.2) is 22.9 Å². The van der Waals surface area contributed by atoms with Gasteiger partial charge in [0.25, 0.3) is 5.91 Å². The van der Waals surface area contributed by atoms with E-state index in [1.807, 2.05) is 6.07 Å². The van der Waals surface area contributed by atoms with Gasteiger partial charge in [-0.25, -0.2) is 4.98 Å². The first kappa shape index (κ1) is 12.1. The number of carbonyl (C=O) groups excluding carboxylic acids is 1. The van der Waals surface area contributed by atoms with Crippen LogP contribution in [-0.4, -0.2) is 16.0 Å². The Balaban J connectivity index is 2.28. The number of hydrogen-bond donors (Lipinski definition) is 1. The van der Waals surface area contributed by atoms with E-state index in [1.165, 1.54) is 12.3 Å². The molecule has 2 aromatic heterocycles. The van der Waals surface area contributed by atoms with Crippen molar-refractivity contribution >= 4 is 23.4 Å². The Morgan fingerprint density at radius 1 is 1.61 bits per heavy atom. The molecule has 0 atom stereocenters. The van der Waals surface area contributed by atoms with E-state index < -0.39 is 5.91 Å². The van der Waals surface area contributed by atoms with Crippen molar-refractivity contribution in [2.45, 2.75) is 6.92 Å². The second-order valence-corrected chi connectivity index (χ2v) is 3.74. The fraction of sp³-hybridized carbons (Fsp3) is 0.0909. The minimum atomic E-state index is -0.513. The first-order valence-corrected chi connectivity index (χ1v) is 5.29. The summed E-state index contributed by atoms with van der Waals surface area (Å²) < 4.78 is 4.85. The van der Waals surface area contributed by atoms with Gasteiger partial charge in [-0.1, -0.05) is 16.8 Å². The first-order chi connectivity index (χ1) is 8.63. The normalized spacial score (nSPS) is 9.83. The maximum atomic E-state index is 11.9. The van der Waals surface area contributed by atoms with Gasteiger partial charge in [-0.3, -0.25) is 10.1 Å². The number of aryl methyl sites for hydroxylation is 1. The van der Waals surface area contributed by atoms with E-state index in [0.29, 0.717) is 5.69 Å². The van der Waals surface area contributed by atoms with Crippen LogP contribution in [0.2, 0.25) is 5.15 Å². The zero-order valence-corrected chi connectivity index (χ0v) is 10.0. The van der Waals surface area contributed by atoms with Gasteiger partial charge in [0.2, 0.25) is 5.88 Å². The average molecular weight is 263 g/mol. The van der Waals surface area contributed by atoms with Crippen molar-refractivity contribution in [3.05, 3.63) is 40.3 Å². The molecule has 0 unspecified atom stereocenters. The molecule has 1 N–H and O–H groups in total. The number of rotatable bonds is 2. The van der Waals surface area contributed by atoms with Crippen molar-refractivity contribution < 1.29 is 9.32 Å². The smallest absolute Gasteiger partial charge is 0.261 e. The van der Waals surface area contributed by atoms with E-state index in [1.54, 1.807) is 13.0 Å². The highest BCUT2D eigenvalue weighted by Crippen LogP contribution is 2.20. The van der Waals surface area contributed by atoms with E-state index in [2.05, 4.69) is 15.5 Å². The lowest BCUT2D eigenvalue weighted by Crippen LogP contribution is -2.13. The molecule has 0 saturated heterocycles. The molecule has 0 spiro atoms. The van der Waals surface area contributed by atoms with Gasteiger partial charge < -0.3 is 4.52 Å². The standard InChI is InChI=1S/C11H7ClN4O2/c1-6-8(5-13)11(18-16-6)15-10(17)7-3-2-4-14-9(7)12/h2-4H,1H3,(H,15,17). The lowest BCUT2D eigenvalue weighted by Gasteiger charge is -2.02. The van der Waals surface area contributed by atoms with Gasteiger partial charge in [0, 0.05) is 6.20 Å². The molecular weight excluding hydrogens is 256 g/mol. The maximum Gasteiger partial charge on any atom is 0.261 e. The molecule has 0 saturated carbocycles. The Hall–Kier alpha value is -2.39. The molecule has 2 heterocycles. The summed E-state index contributed by atoms with van der Waals surface area (Å²) in [5.41, 5.74) is 0.783. The third kappa shape index (κ3) is 2.17. The van der Waals surface area contributed by atoms with Gasteiger partial charge in [0.15, 0.2) is 0 Å². The fourth-order valence-corrected chi connectivity index (χ4v) is 1.52. The molecule has 90 valence electrons. The quantitative estimate of drug-likeness (QED) is 0.837. The molecule has 0 fully saturated rings. The summed E-state index contributed by atoms with van der Waals surface area (Å²) in [4.78, 5) is 15.7. The Kier molecular flexibility index (Phi) is 3.26. The van der Waals surface area contributed by atoms with E-state index in [9.17, 15) is 4.79 Å². The highest BCUT2D eigenvalue weighted by Gasteiger charge is 2.17. The lowest BCUT2D eigenvalue weighted by atomic mass is 10.2. The van der Waals surface area contributed by atoms with Crippen molar-refractivity contribution in [1.82, 2.24) is 10.1 Å². The van der Waals surface area contributed by atoms with E-state index in [0.717, 1.165) is 0 Å². The molecule has 0 aliphatic rings. The molecule has 2 aromatic rings. The third-order valence-corrected chi connectivity index (χ3v) is 2.51. The summed E-state index contributed by atoms with van der Waals surface area (Å²) in [5.74, 6) is -0.513. The highest BCUT2D eigenvalue weighted by atomic mass is 35.5. The van der Waals surface area contributed by atoms with Crippen LogP contribution in [0, 0.1) is 18.3 Å². The second kappa shape index (κ2) is 4.85. The van der Waals surface area contributed by atoms with Crippen LogP contribution in [-0.2, 0) is 0 Å². The molecule has 2 rings (SSSR count). The molecule has 0 aromatic carbocycles. The van der Waals surface area contributed by atoms with Crippen LogP contribution >= 0.6 is 11.6 Å². The van der Waals surface area contributed by atoms with Crippen LogP contribution in [0.25, 0.3) is 0 Å². The zero-order chi connectivity index (χ0) is 13.1. The van der Waals surface area contributed by atoms with Crippen molar-refractivity contribution in [3.8, 4) is 6.07 Å². The minimum Gasteiger partial charge on any atom is -0.337 e. The Morgan fingerprint density at radius 3 is 3.06 bits per heavy atom. The molecular formula is C11H7ClN4O2. The summed E-state index contributed by atoms with van der Waals surface area (Å²) in [7, 11) is 0. The van der Waals surface area contributed by atoms with Crippen molar-refractivity contribution in [2.75, 3.05) is 5.32 Å². The summed E-state index contributed by atoms with van der Waals surface area (Å²) in [6, 6.07) is 4.99. The average Bonchev–Trinajstić information content (AvgIpc) is 2.70. The van der Waals surface area contributed by atoms with Gasteiger partial charge in [-0.2, -0.15) is 5.26 Å². The maximum absolute atomic E-state index is 11.9. The van der Waals surface area contributed by atoms with Crippen LogP contribution in [0.4, 0.5) is 5.88 Å². The molecule has 0 aliphatic carbocycles. The number of nitriles is 1. The Bertz CT molecular complexity index is 645. The number of aromatic nitrogens is 2. The van der Waals surface area contributed by atoms with E-state index >= 15 is 0 Å². The van der Waals surface area contributed by atoms with Crippen molar-refractivity contribution in [2.24, 2.45) is 0 Å². The van der Waals surface area contributed by atoms with Crippen LogP contribution in [0.1, 0.15) is 21.6 Å². The number of halogens is 1. The lowest BCUT2D eigenvalue weighted by molar-refractivity contribution is 0.102. The topological polar surface area (TPSA) is 91.8 Å². The number of nitrogens with zero attached hydrogens (tertiary/aromatic N) is 3. The summed E-state index contributed by atoms with van der Waals surface area (Å²) in [5, 5.41) is 15.0. The predicted octanol–water partition coefficient (Wildman–Crippen LogP) is 2.16. The van der Waals surface area contributed by atoms with Crippen LogP contribution in [0.3, 0.4) is 0 Å². The number of amides is 1. The van der Waals surface area contributed by atoms with Crippen LogP contribution in [0.5, 0.6) is 0 Å². The van der Waals surface area contributed by atoms with Gasteiger partial charge in [-0.05, 0) is 19.1 Å². The molecule has 18 heavy (non-hydrogen) atoms.